The van der Waals surface area contributed by atoms with Crippen LogP contribution in [0.2, 0.25) is 19.6 Å². The minimum atomic E-state index is -1.30. The van der Waals surface area contributed by atoms with Gasteiger partial charge in [-0.2, -0.15) is 0 Å². The van der Waals surface area contributed by atoms with Gasteiger partial charge in [-0.05, 0) is 43.4 Å². The molecule has 0 aromatic rings. The first kappa shape index (κ1) is 25.9. The highest BCUT2D eigenvalue weighted by Gasteiger charge is 2.41. The summed E-state index contributed by atoms with van der Waals surface area (Å²) in [5, 5.41) is 27.6. The first-order valence-electron chi connectivity index (χ1n) is 11.0. The molecule has 3 aliphatic carbocycles. The molecule has 5 heteroatoms. The zero-order valence-corrected chi connectivity index (χ0v) is 19.9. The van der Waals surface area contributed by atoms with Crippen molar-refractivity contribution in [2.24, 2.45) is 17.8 Å². The van der Waals surface area contributed by atoms with Crippen LogP contribution in [0, 0.1) is 41.6 Å². The van der Waals surface area contributed by atoms with Gasteiger partial charge in [0, 0.05) is 19.4 Å². The fourth-order valence-electron chi connectivity index (χ4n) is 3.61. The predicted octanol–water partition coefficient (Wildman–Crippen LogP) is 3.55. The van der Waals surface area contributed by atoms with Crippen molar-refractivity contribution in [3.63, 3.8) is 0 Å². The number of carbonyl (C=O) groups is 1. The zero-order chi connectivity index (χ0) is 22.3. The summed E-state index contributed by atoms with van der Waals surface area (Å²) in [6, 6.07) is 0. The van der Waals surface area contributed by atoms with Gasteiger partial charge in [0.25, 0.3) is 0 Å². The molecule has 0 amide bonds. The Bertz CT molecular complexity index is 627. The monoisotopic (exact) mass is 420 g/mol. The maximum Gasteiger partial charge on any atom is 0.133 e. The third kappa shape index (κ3) is 9.05. The molecule has 0 aliphatic heterocycles. The molecule has 164 valence electrons. The molecule has 0 unspecified atom stereocenters. The SMILES string of the molecule is C#CC1(O)CC(CO)C1.CCC1CC(=O)C1.CCC1CC(O)(C#C[Si](C)(C)C)C1. The lowest BCUT2D eigenvalue weighted by molar-refractivity contribution is -0.126. The topological polar surface area (TPSA) is 77.8 Å². The van der Waals surface area contributed by atoms with Crippen LogP contribution in [0.3, 0.4) is 0 Å². The number of carbonyl (C=O) groups excluding carboxylic acids is 1. The number of ketones is 1. The van der Waals surface area contributed by atoms with Crippen molar-refractivity contribution in [2.45, 2.75) is 96.1 Å². The van der Waals surface area contributed by atoms with Crippen molar-refractivity contribution in [2.75, 3.05) is 6.61 Å². The van der Waals surface area contributed by atoms with Gasteiger partial charge in [-0.3, -0.25) is 4.79 Å². The molecular formula is C24H40O4Si. The van der Waals surface area contributed by atoms with E-state index in [2.05, 4.69) is 50.9 Å². The van der Waals surface area contributed by atoms with Gasteiger partial charge < -0.3 is 15.3 Å². The Morgan fingerprint density at radius 3 is 1.76 bits per heavy atom. The van der Waals surface area contributed by atoms with E-state index in [9.17, 15) is 15.0 Å². The van der Waals surface area contributed by atoms with E-state index in [1.54, 1.807) is 0 Å². The van der Waals surface area contributed by atoms with E-state index in [1.807, 2.05) is 0 Å². The molecule has 3 rings (SSSR count). The van der Waals surface area contributed by atoms with E-state index in [0.717, 1.165) is 31.6 Å². The van der Waals surface area contributed by atoms with Crippen LogP contribution < -0.4 is 0 Å². The van der Waals surface area contributed by atoms with Crippen LogP contribution in [-0.2, 0) is 4.79 Å². The van der Waals surface area contributed by atoms with Gasteiger partial charge in [0.05, 0.1) is 0 Å². The molecular weight excluding hydrogens is 380 g/mol. The summed E-state index contributed by atoms with van der Waals surface area (Å²) in [6.45, 7) is 11.1. The molecule has 0 bridgehead atoms. The second-order valence-electron chi connectivity index (χ2n) is 10.1. The van der Waals surface area contributed by atoms with Crippen molar-refractivity contribution in [1.29, 1.82) is 0 Å². The third-order valence-electron chi connectivity index (χ3n) is 5.89. The Morgan fingerprint density at radius 1 is 0.966 bits per heavy atom. The quantitative estimate of drug-likeness (QED) is 0.482. The second kappa shape index (κ2) is 10.8. The molecule has 4 nitrogen and oxygen atoms in total. The molecule has 3 fully saturated rings. The summed E-state index contributed by atoms with van der Waals surface area (Å²) >= 11 is 0. The van der Waals surface area contributed by atoms with Crippen molar-refractivity contribution in [3.8, 4) is 23.8 Å². The average Bonchev–Trinajstić information content (AvgIpc) is 2.59. The van der Waals surface area contributed by atoms with E-state index in [-0.39, 0.29) is 12.5 Å². The van der Waals surface area contributed by atoms with Crippen LogP contribution in [0.4, 0.5) is 0 Å². The van der Waals surface area contributed by atoms with Crippen molar-refractivity contribution in [1.82, 2.24) is 0 Å². The maximum absolute atomic E-state index is 10.3. The lowest BCUT2D eigenvalue weighted by atomic mass is 9.70. The molecule has 0 spiro atoms. The molecule has 0 aromatic carbocycles. The Hall–Kier alpha value is -1.11. The average molecular weight is 421 g/mol. The van der Waals surface area contributed by atoms with E-state index in [0.29, 0.717) is 24.5 Å². The number of hydrogen-bond donors (Lipinski definition) is 3. The number of aliphatic hydroxyl groups excluding tert-OH is 1. The van der Waals surface area contributed by atoms with Crippen molar-refractivity contribution < 1.29 is 20.1 Å². The van der Waals surface area contributed by atoms with Crippen molar-refractivity contribution >= 4 is 13.9 Å². The van der Waals surface area contributed by atoms with E-state index in [4.69, 9.17) is 11.5 Å². The van der Waals surface area contributed by atoms with E-state index < -0.39 is 19.3 Å². The molecule has 3 saturated carbocycles. The minimum Gasteiger partial charge on any atom is -0.396 e. The second-order valence-corrected chi connectivity index (χ2v) is 14.8. The predicted molar refractivity (Wildman–Crippen MR) is 121 cm³/mol. The van der Waals surface area contributed by atoms with Crippen molar-refractivity contribution in [3.05, 3.63) is 0 Å². The highest BCUT2D eigenvalue weighted by atomic mass is 28.3. The normalized spacial score (nSPS) is 33.0. The van der Waals surface area contributed by atoms with Gasteiger partial charge in [-0.15, -0.1) is 12.0 Å². The standard InChI is InChI=1S/C11H20OSi.C7H10O2.C6H10O/c1-5-10-8-11(12,9-10)6-7-13(2,3)4;1-2-7(9)3-6(4-7)5-8;1-2-5-3-6(7)4-5/h10,12H,5,8-9H2,1-4H3;1,6,8-9H,3-5H2;5H,2-4H2,1H3. The summed E-state index contributed by atoms with van der Waals surface area (Å²) in [6.07, 6.45) is 12.0. The van der Waals surface area contributed by atoms with Gasteiger partial charge in [0.1, 0.15) is 25.1 Å². The van der Waals surface area contributed by atoms with Crippen LogP contribution in [0.25, 0.3) is 0 Å². The van der Waals surface area contributed by atoms with E-state index in [1.165, 1.54) is 12.8 Å². The molecule has 0 heterocycles. The Kier molecular flexibility index (Phi) is 9.63. The van der Waals surface area contributed by atoms with Gasteiger partial charge in [0.15, 0.2) is 0 Å². The van der Waals surface area contributed by atoms with Crippen LogP contribution in [0.15, 0.2) is 0 Å². The first-order chi connectivity index (χ1) is 13.4. The Labute approximate surface area is 178 Å². The summed E-state index contributed by atoms with van der Waals surface area (Å²) in [5.74, 6) is 7.48. The summed E-state index contributed by atoms with van der Waals surface area (Å²) < 4.78 is 0. The molecule has 0 saturated heterocycles. The Morgan fingerprint density at radius 2 is 1.45 bits per heavy atom. The lowest BCUT2D eigenvalue weighted by Gasteiger charge is -2.39. The number of Topliss-reactive ketones (excluding diaryl/α,β-unsaturated/α-hetero) is 1. The molecule has 3 N–H and O–H groups in total. The fourth-order valence-corrected chi connectivity index (χ4v) is 4.21. The van der Waals surface area contributed by atoms with E-state index >= 15 is 0 Å². The van der Waals surface area contributed by atoms with Crippen LogP contribution >= 0.6 is 0 Å². The Balaban J connectivity index is 0.000000229. The first-order valence-corrected chi connectivity index (χ1v) is 14.5. The van der Waals surface area contributed by atoms with Gasteiger partial charge in [0.2, 0.25) is 0 Å². The molecule has 3 aliphatic rings. The van der Waals surface area contributed by atoms with Gasteiger partial charge >= 0.3 is 0 Å². The van der Waals surface area contributed by atoms with Crippen LogP contribution in [0.1, 0.15) is 65.2 Å². The lowest BCUT2D eigenvalue weighted by Crippen LogP contribution is -2.43. The number of rotatable bonds is 3. The molecule has 0 radical (unpaired) electrons. The maximum atomic E-state index is 10.3. The van der Waals surface area contributed by atoms with Gasteiger partial charge in [-0.25, -0.2) is 0 Å². The van der Waals surface area contributed by atoms with Gasteiger partial charge in [-0.1, -0.05) is 58.2 Å². The number of aliphatic hydroxyl groups is 3. The number of terminal acetylenes is 1. The largest absolute Gasteiger partial charge is 0.396 e. The highest BCUT2D eigenvalue weighted by molar-refractivity contribution is 6.83. The highest BCUT2D eigenvalue weighted by Crippen LogP contribution is 2.39. The van der Waals surface area contributed by atoms with Crippen LogP contribution in [0.5, 0.6) is 0 Å². The summed E-state index contributed by atoms with van der Waals surface area (Å²) in [7, 11) is -1.30. The van der Waals surface area contributed by atoms with Crippen LogP contribution in [-0.4, -0.2) is 47.0 Å². The molecule has 0 aromatic heterocycles. The summed E-state index contributed by atoms with van der Waals surface area (Å²) in [5.41, 5.74) is 1.73. The number of hydrogen-bond acceptors (Lipinski definition) is 4. The molecule has 0 atom stereocenters. The smallest absolute Gasteiger partial charge is 0.133 e. The molecule has 29 heavy (non-hydrogen) atoms. The zero-order valence-electron chi connectivity index (χ0n) is 18.9. The fraction of sp³-hybridized carbons (Fsp3) is 0.792. The third-order valence-corrected chi connectivity index (χ3v) is 6.76. The minimum absolute atomic E-state index is 0.143. The summed E-state index contributed by atoms with van der Waals surface area (Å²) in [4.78, 5) is 10.3.